The van der Waals surface area contributed by atoms with Crippen LogP contribution in [-0.2, 0) is 0 Å². The topological polar surface area (TPSA) is 0 Å². The van der Waals surface area contributed by atoms with E-state index in [1.807, 2.05) is 60.7 Å². The molecule has 0 amide bonds. The van der Waals surface area contributed by atoms with Crippen LogP contribution in [0.25, 0.3) is 22.3 Å². The predicted octanol–water partition coefficient (Wildman–Crippen LogP) is 10.7. The first-order valence-corrected chi connectivity index (χ1v) is 11.0. The van der Waals surface area contributed by atoms with Crippen LogP contribution >= 0.6 is 83.1 Å². The third-order valence-corrected chi connectivity index (χ3v) is 5.77. The molecule has 0 nitrogen and oxygen atoms in total. The molecule has 0 heterocycles. The average Bonchev–Trinajstić information content (AvgIpc) is 2.69. The molecule has 0 bridgehead atoms. The highest BCUT2D eigenvalue weighted by Gasteiger charge is 2.10. The quantitative estimate of drug-likeness (QED) is 0.233. The Morgan fingerprint density at radius 2 is 0.645 bits per heavy atom. The standard InChI is InChI=1S/2C12H7Cl3.H2S/c2*13-9-6-10(14)12(11(15)7-9)8-4-2-1-3-5-8;/h2*1-7H;1H2. The van der Waals surface area contributed by atoms with E-state index >= 15 is 0 Å². The molecule has 0 spiro atoms. The second-order valence-corrected chi connectivity index (χ2v) is 8.72. The molecule has 0 aromatic heterocycles. The van der Waals surface area contributed by atoms with Crippen molar-refractivity contribution < 1.29 is 0 Å². The maximum atomic E-state index is 6.10. The highest BCUT2D eigenvalue weighted by molar-refractivity contribution is 7.59. The highest BCUT2D eigenvalue weighted by atomic mass is 35.5. The Hall–Kier alpha value is -1.03. The molecule has 0 fully saturated rings. The minimum atomic E-state index is 0. The van der Waals surface area contributed by atoms with Gasteiger partial charge in [-0.25, -0.2) is 0 Å². The molecule has 7 heteroatoms. The van der Waals surface area contributed by atoms with E-state index in [9.17, 15) is 0 Å². The molecule has 31 heavy (non-hydrogen) atoms. The van der Waals surface area contributed by atoms with Crippen molar-refractivity contribution >= 4 is 83.1 Å². The molecule has 4 aromatic rings. The summed E-state index contributed by atoms with van der Waals surface area (Å²) < 4.78 is 0. The van der Waals surface area contributed by atoms with Crippen LogP contribution < -0.4 is 0 Å². The Labute approximate surface area is 219 Å². The van der Waals surface area contributed by atoms with Gasteiger partial charge in [-0.05, 0) is 35.4 Å². The molecule has 4 rings (SSSR count). The van der Waals surface area contributed by atoms with Crippen LogP contribution in [0.4, 0.5) is 0 Å². The molecule has 0 aliphatic heterocycles. The predicted molar refractivity (Wildman–Crippen MR) is 144 cm³/mol. The zero-order valence-corrected chi connectivity index (χ0v) is 21.4. The summed E-state index contributed by atoms with van der Waals surface area (Å²) in [5, 5.41) is 3.36. The van der Waals surface area contributed by atoms with Gasteiger partial charge in [-0.1, -0.05) is 130 Å². The molecule has 0 saturated heterocycles. The normalized spacial score (nSPS) is 10.0. The van der Waals surface area contributed by atoms with Gasteiger partial charge in [0.1, 0.15) is 0 Å². The van der Waals surface area contributed by atoms with Crippen LogP contribution in [0.15, 0.2) is 84.9 Å². The lowest BCUT2D eigenvalue weighted by molar-refractivity contribution is 1.61. The zero-order chi connectivity index (χ0) is 21.7. The molecule has 4 aromatic carbocycles. The van der Waals surface area contributed by atoms with Crippen molar-refractivity contribution in [1.82, 2.24) is 0 Å². The first kappa shape index (κ1) is 26.2. The number of rotatable bonds is 2. The van der Waals surface area contributed by atoms with Gasteiger partial charge in [0.25, 0.3) is 0 Å². The maximum Gasteiger partial charge on any atom is 0.0514 e. The fourth-order valence-corrected chi connectivity index (χ4v) is 4.92. The van der Waals surface area contributed by atoms with Crippen molar-refractivity contribution in [1.29, 1.82) is 0 Å². The van der Waals surface area contributed by atoms with Gasteiger partial charge in [0.2, 0.25) is 0 Å². The summed E-state index contributed by atoms with van der Waals surface area (Å²) in [5.41, 5.74) is 3.63. The lowest BCUT2D eigenvalue weighted by Gasteiger charge is -2.07. The molecular formula is C24H16Cl6S. The van der Waals surface area contributed by atoms with Gasteiger partial charge >= 0.3 is 0 Å². The Balaban J connectivity index is 0.000000213. The Kier molecular flexibility index (Phi) is 10.4. The Bertz CT molecular complexity index is 1010. The van der Waals surface area contributed by atoms with Gasteiger partial charge in [0, 0.05) is 21.2 Å². The van der Waals surface area contributed by atoms with Crippen LogP contribution in [0.1, 0.15) is 0 Å². The van der Waals surface area contributed by atoms with Gasteiger partial charge in [0.15, 0.2) is 0 Å². The summed E-state index contributed by atoms with van der Waals surface area (Å²) in [5.74, 6) is 0. The minimum Gasteiger partial charge on any atom is -0.197 e. The monoisotopic (exact) mass is 546 g/mol. The van der Waals surface area contributed by atoms with Crippen molar-refractivity contribution in [3.8, 4) is 22.3 Å². The van der Waals surface area contributed by atoms with Crippen LogP contribution in [-0.4, -0.2) is 0 Å². The molecule has 0 N–H and O–H groups in total. The van der Waals surface area contributed by atoms with Crippen LogP contribution in [0.2, 0.25) is 30.1 Å². The molecule has 0 aliphatic rings. The van der Waals surface area contributed by atoms with Crippen LogP contribution in [0.3, 0.4) is 0 Å². The third-order valence-electron chi connectivity index (χ3n) is 4.14. The van der Waals surface area contributed by atoms with Crippen molar-refractivity contribution in [2.75, 3.05) is 0 Å². The minimum absolute atomic E-state index is 0. The van der Waals surface area contributed by atoms with Gasteiger partial charge < -0.3 is 0 Å². The first-order chi connectivity index (χ1) is 14.4. The molecule has 0 atom stereocenters. The number of hydrogen-bond donors (Lipinski definition) is 0. The Morgan fingerprint density at radius 1 is 0.387 bits per heavy atom. The SMILES string of the molecule is Clc1cc(Cl)c(-c2ccccc2)c(Cl)c1.Clc1cc(Cl)c(-c2ccccc2)c(Cl)c1.S. The summed E-state index contributed by atoms with van der Waals surface area (Å²) in [7, 11) is 0. The lowest BCUT2D eigenvalue weighted by atomic mass is 10.1. The van der Waals surface area contributed by atoms with E-state index in [1.165, 1.54) is 0 Å². The van der Waals surface area contributed by atoms with E-state index < -0.39 is 0 Å². The lowest BCUT2D eigenvalue weighted by Crippen LogP contribution is -1.81. The van der Waals surface area contributed by atoms with Gasteiger partial charge in [0.05, 0.1) is 20.1 Å². The number of benzene rings is 4. The molecule has 160 valence electrons. The van der Waals surface area contributed by atoms with E-state index in [0.29, 0.717) is 30.1 Å². The van der Waals surface area contributed by atoms with Gasteiger partial charge in [-0.2, -0.15) is 13.5 Å². The maximum absolute atomic E-state index is 6.10. The molecule has 0 radical (unpaired) electrons. The van der Waals surface area contributed by atoms with E-state index in [1.54, 1.807) is 24.3 Å². The van der Waals surface area contributed by atoms with Crippen molar-refractivity contribution in [2.24, 2.45) is 0 Å². The number of hydrogen-bond acceptors (Lipinski definition) is 0. The summed E-state index contributed by atoms with van der Waals surface area (Å²) >= 11 is 36.1. The molecular weight excluding hydrogens is 533 g/mol. The highest BCUT2D eigenvalue weighted by Crippen LogP contribution is 2.38. The van der Waals surface area contributed by atoms with Crippen molar-refractivity contribution in [2.45, 2.75) is 0 Å². The molecule has 0 unspecified atom stereocenters. The summed E-state index contributed by atoms with van der Waals surface area (Å²) in [4.78, 5) is 0. The van der Waals surface area contributed by atoms with Crippen molar-refractivity contribution in [3.05, 3.63) is 115 Å². The fourth-order valence-electron chi connectivity index (χ4n) is 2.85. The number of halogens is 6. The van der Waals surface area contributed by atoms with E-state index in [2.05, 4.69) is 0 Å². The van der Waals surface area contributed by atoms with Gasteiger partial charge in [-0.3, -0.25) is 0 Å². The van der Waals surface area contributed by atoms with E-state index in [0.717, 1.165) is 22.3 Å². The second kappa shape index (κ2) is 12.3. The summed E-state index contributed by atoms with van der Waals surface area (Å²) in [6.07, 6.45) is 0. The van der Waals surface area contributed by atoms with Gasteiger partial charge in [-0.15, -0.1) is 0 Å². The molecule has 0 aliphatic carbocycles. The van der Waals surface area contributed by atoms with E-state index in [4.69, 9.17) is 69.6 Å². The van der Waals surface area contributed by atoms with Crippen LogP contribution in [0.5, 0.6) is 0 Å². The summed E-state index contributed by atoms with van der Waals surface area (Å²) in [6, 6.07) is 26.3. The average molecular weight is 549 g/mol. The first-order valence-electron chi connectivity index (χ1n) is 8.76. The largest absolute Gasteiger partial charge is 0.197 e. The van der Waals surface area contributed by atoms with Crippen molar-refractivity contribution in [3.63, 3.8) is 0 Å². The van der Waals surface area contributed by atoms with Crippen LogP contribution in [0, 0.1) is 0 Å². The Morgan fingerprint density at radius 3 is 0.903 bits per heavy atom. The smallest absolute Gasteiger partial charge is 0.0514 e. The molecule has 0 saturated carbocycles. The summed E-state index contributed by atoms with van der Waals surface area (Å²) in [6.45, 7) is 0. The fraction of sp³-hybridized carbons (Fsp3) is 0. The zero-order valence-electron chi connectivity index (χ0n) is 15.9. The third kappa shape index (κ3) is 6.97. The van der Waals surface area contributed by atoms with E-state index in [-0.39, 0.29) is 13.5 Å². The second-order valence-electron chi connectivity index (χ2n) is 6.22.